The molecule has 0 bridgehead atoms. The van der Waals surface area contributed by atoms with Crippen LogP contribution in [0.3, 0.4) is 0 Å². The molecule has 0 radical (unpaired) electrons. The molecule has 16 aromatic rings. The van der Waals surface area contributed by atoms with Gasteiger partial charge in [0.2, 0.25) is 0 Å². The number of aromatic nitrogens is 5. The van der Waals surface area contributed by atoms with Gasteiger partial charge in [0.1, 0.15) is 22.4 Å². The minimum Gasteiger partial charge on any atom is -0.456 e. The van der Waals surface area contributed by atoms with Crippen LogP contribution in [0.15, 0.2) is 233 Å². The Kier molecular flexibility index (Phi) is 8.04. The monoisotopic (exact) mass is 919 g/mol. The number of nitrogens with zero attached hydrogens (tertiary/aromatic N) is 5. The Labute approximate surface area is 410 Å². The molecule has 72 heavy (non-hydrogen) atoms. The summed E-state index contributed by atoms with van der Waals surface area (Å²) < 4.78 is 18.2. The van der Waals surface area contributed by atoms with E-state index in [0.717, 1.165) is 126 Å². The third-order valence-electron chi connectivity index (χ3n) is 14.7. The molecule has 0 saturated carbocycles. The van der Waals surface area contributed by atoms with Crippen LogP contribution < -0.4 is 0 Å². The maximum Gasteiger partial charge on any atom is 0.166 e. The predicted molar refractivity (Wildman–Crippen MR) is 294 cm³/mol. The summed E-state index contributed by atoms with van der Waals surface area (Å²) in [6.07, 6.45) is 0. The van der Waals surface area contributed by atoms with Gasteiger partial charge in [-0.25, -0.2) is 15.0 Å². The molecule has 11 aromatic carbocycles. The summed E-state index contributed by atoms with van der Waals surface area (Å²) in [5.41, 5.74) is 11.9. The molecule has 0 aliphatic heterocycles. The van der Waals surface area contributed by atoms with Gasteiger partial charge in [-0.3, -0.25) is 0 Å². The third-order valence-corrected chi connectivity index (χ3v) is 14.7. The normalized spacial score (nSPS) is 12.2. The van der Waals surface area contributed by atoms with Crippen LogP contribution in [0.4, 0.5) is 0 Å². The van der Waals surface area contributed by atoms with E-state index < -0.39 is 0 Å². The van der Waals surface area contributed by atoms with E-state index in [4.69, 9.17) is 23.8 Å². The van der Waals surface area contributed by atoms with Gasteiger partial charge in [-0.1, -0.05) is 140 Å². The Balaban J connectivity index is 1.03. The summed E-state index contributed by atoms with van der Waals surface area (Å²) in [6, 6.07) is 79.1. The van der Waals surface area contributed by atoms with Gasteiger partial charge in [0.05, 0.1) is 22.1 Å². The fraction of sp³-hybridized carbons (Fsp3) is 0. The first-order valence-corrected chi connectivity index (χ1v) is 24.2. The van der Waals surface area contributed by atoms with Crippen LogP contribution in [0.5, 0.6) is 0 Å². The molecule has 0 fully saturated rings. The molecule has 0 N–H and O–H groups in total. The van der Waals surface area contributed by atoms with Gasteiger partial charge in [-0.05, 0) is 106 Å². The fourth-order valence-electron chi connectivity index (χ4n) is 11.5. The van der Waals surface area contributed by atoms with E-state index >= 15 is 0 Å². The van der Waals surface area contributed by atoms with Crippen molar-refractivity contribution in [2.45, 2.75) is 0 Å². The molecule has 0 spiro atoms. The van der Waals surface area contributed by atoms with Crippen molar-refractivity contribution in [2.24, 2.45) is 0 Å². The molecule has 5 heterocycles. The molecule has 7 nitrogen and oxygen atoms in total. The maximum atomic E-state index is 7.20. The predicted octanol–water partition coefficient (Wildman–Crippen LogP) is 17.2. The van der Waals surface area contributed by atoms with Gasteiger partial charge in [-0.15, -0.1) is 0 Å². The van der Waals surface area contributed by atoms with Crippen LogP contribution in [-0.4, -0.2) is 24.1 Å². The summed E-state index contributed by atoms with van der Waals surface area (Å²) in [5.74, 6) is 1.61. The smallest absolute Gasteiger partial charge is 0.166 e. The highest BCUT2D eigenvalue weighted by Crippen LogP contribution is 2.45. The Bertz CT molecular complexity index is 4940. The molecule has 0 amide bonds. The first kappa shape index (κ1) is 39.0. The highest BCUT2D eigenvalue weighted by molar-refractivity contribution is 6.22. The van der Waals surface area contributed by atoms with Gasteiger partial charge in [0.15, 0.2) is 23.1 Å². The number of hydrogen-bond acceptors (Lipinski definition) is 5. The van der Waals surface area contributed by atoms with Crippen molar-refractivity contribution in [3.63, 3.8) is 0 Å². The zero-order valence-electron chi connectivity index (χ0n) is 38.4. The average Bonchev–Trinajstić information content (AvgIpc) is 4.20. The van der Waals surface area contributed by atoms with E-state index in [9.17, 15) is 0 Å². The van der Waals surface area contributed by atoms with E-state index in [0.29, 0.717) is 17.5 Å². The zero-order chi connectivity index (χ0) is 47.0. The van der Waals surface area contributed by atoms with E-state index in [1.54, 1.807) is 0 Å². The highest BCUT2D eigenvalue weighted by Gasteiger charge is 2.26. The fourth-order valence-corrected chi connectivity index (χ4v) is 11.5. The second-order valence-electron chi connectivity index (χ2n) is 18.7. The molecular weight excluding hydrogens is 883 g/mol. The maximum absolute atomic E-state index is 7.20. The lowest BCUT2D eigenvalue weighted by Crippen LogP contribution is -2.04. The van der Waals surface area contributed by atoms with Crippen LogP contribution in [0.25, 0.3) is 155 Å². The van der Waals surface area contributed by atoms with Gasteiger partial charge >= 0.3 is 0 Å². The molecular formula is C65H37N5O2. The summed E-state index contributed by atoms with van der Waals surface area (Å²) in [6.45, 7) is 0. The van der Waals surface area contributed by atoms with Crippen molar-refractivity contribution in [1.29, 1.82) is 0 Å². The van der Waals surface area contributed by atoms with Crippen molar-refractivity contribution >= 4 is 109 Å². The summed E-state index contributed by atoms with van der Waals surface area (Å²) >= 11 is 0. The molecule has 334 valence electrons. The first-order valence-electron chi connectivity index (χ1n) is 24.2. The van der Waals surface area contributed by atoms with E-state index in [2.05, 4.69) is 209 Å². The van der Waals surface area contributed by atoms with Crippen LogP contribution in [0.1, 0.15) is 0 Å². The lowest BCUT2D eigenvalue weighted by Gasteiger charge is -2.15. The molecule has 16 rings (SSSR count). The molecule has 5 aromatic heterocycles. The van der Waals surface area contributed by atoms with E-state index in [1.165, 1.54) is 10.8 Å². The number of furan rings is 2. The summed E-state index contributed by atoms with van der Waals surface area (Å²) in [7, 11) is 0. The second kappa shape index (κ2) is 14.8. The number of rotatable bonds is 5. The summed E-state index contributed by atoms with van der Waals surface area (Å²) in [4.78, 5) is 16.5. The van der Waals surface area contributed by atoms with Crippen molar-refractivity contribution in [3.8, 4) is 45.5 Å². The Morgan fingerprint density at radius 3 is 1.69 bits per heavy atom. The summed E-state index contributed by atoms with van der Waals surface area (Å²) in [5, 5.41) is 13.3. The van der Waals surface area contributed by atoms with Crippen LogP contribution in [-0.2, 0) is 0 Å². The minimum absolute atomic E-state index is 0.518. The molecule has 0 atom stereocenters. The molecule has 0 unspecified atom stereocenters. The van der Waals surface area contributed by atoms with Gasteiger partial charge in [0.25, 0.3) is 0 Å². The average molecular weight is 920 g/mol. The Hall–Kier alpha value is -9.85. The largest absolute Gasteiger partial charge is 0.456 e. The molecule has 0 aliphatic carbocycles. The second-order valence-corrected chi connectivity index (χ2v) is 18.7. The number of para-hydroxylation sites is 4. The third kappa shape index (κ3) is 5.64. The minimum atomic E-state index is 0.518. The van der Waals surface area contributed by atoms with Crippen LogP contribution >= 0.6 is 0 Å². The van der Waals surface area contributed by atoms with Crippen molar-refractivity contribution in [1.82, 2.24) is 24.1 Å². The van der Waals surface area contributed by atoms with Crippen molar-refractivity contribution in [2.75, 3.05) is 0 Å². The first-order chi connectivity index (χ1) is 35.7. The Morgan fingerprint density at radius 1 is 0.306 bits per heavy atom. The quantitative estimate of drug-likeness (QED) is 0.172. The highest BCUT2D eigenvalue weighted by atomic mass is 16.3. The van der Waals surface area contributed by atoms with E-state index in [1.807, 2.05) is 24.3 Å². The van der Waals surface area contributed by atoms with Crippen molar-refractivity contribution < 1.29 is 8.83 Å². The van der Waals surface area contributed by atoms with Gasteiger partial charge in [-0.2, -0.15) is 0 Å². The standard InChI is InChI=1S/C65H37N5O2/c1-2-17-43(18-3-1)69-53-23-11-8-20-45(53)47-29-26-42(37-55(47)69)64-66-63(41-28-32-58-52(35-41)48-22-10-13-25-57(48)71-58)67-65(68-64)50-31-30-49-60-44-19-7-6-14-38(44)27-33-59(60)72-62(49)61(50)70-54-24-12-9-21-46(54)51-34-39-15-4-5-16-40(39)36-56(51)70/h1-37H. The topological polar surface area (TPSA) is 74.8 Å². The molecule has 7 heteroatoms. The molecule has 0 aliphatic rings. The number of fused-ring (bicyclic) bond motifs is 15. The van der Waals surface area contributed by atoms with Gasteiger partial charge < -0.3 is 18.0 Å². The van der Waals surface area contributed by atoms with Crippen LogP contribution in [0.2, 0.25) is 0 Å². The molecule has 0 saturated heterocycles. The van der Waals surface area contributed by atoms with Gasteiger partial charge in [0, 0.05) is 65.5 Å². The van der Waals surface area contributed by atoms with Crippen LogP contribution in [0, 0.1) is 0 Å². The SMILES string of the molecule is c1ccc(-n2c3ccccc3c3ccc(-c4nc(-c5ccc6oc7ccccc7c6c5)nc(-c5ccc6c(oc7ccc8ccccc8c76)c5-n5c6ccccc6c6cc7ccccc7cc65)n4)cc32)cc1. The lowest BCUT2D eigenvalue weighted by molar-refractivity contribution is 0.666. The lowest BCUT2D eigenvalue weighted by atomic mass is 10.0. The Morgan fingerprint density at radius 2 is 0.875 bits per heavy atom. The zero-order valence-corrected chi connectivity index (χ0v) is 38.4. The van der Waals surface area contributed by atoms with Crippen molar-refractivity contribution in [3.05, 3.63) is 224 Å². The number of hydrogen-bond donors (Lipinski definition) is 0. The van der Waals surface area contributed by atoms with E-state index in [-0.39, 0.29) is 0 Å². The number of benzene rings is 11.